The van der Waals surface area contributed by atoms with Gasteiger partial charge in [0.1, 0.15) is 6.04 Å². The average Bonchev–Trinajstić information content (AvgIpc) is 2.87. The van der Waals surface area contributed by atoms with E-state index in [2.05, 4.69) is 22.5 Å². The molecule has 0 aliphatic heterocycles. The number of hydrogen-bond donors (Lipinski definition) is 5. The van der Waals surface area contributed by atoms with Crippen molar-refractivity contribution in [3.63, 3.8) is 0 Å². The molecule has 2 aromatic carbocycles. The fraction of sp³-hybridized carbons (Fsp3) is 0.414. The second-order valence-corrected chi connectivity index (χ2v) is 10.5. The molecule has 3 amide bonds. The zero-order valence-electron chi connectivity index (χ0n) is 23.3. The van der Waals surface area contributed by atoms with Crippen LogP contribution in [0.2, 0.25) is 0 Å². The summed E-state index contributed by atoms with van der Waals surface area (Å²) in [7, 11) is 1.66. The fourth-order valence-corrected chi connectivity index (χ4v) is 4.33. The van der Waals surface area contributed by atoms with Gasteiger partial charge in [0.25, 0.3) is 11.8 Å². The van der Waals surface area contributed by atoms with Crippen molar-refractivity contribution in [2.24, 2.45) is 0 Å². The van der Waals surface area contributed by atoms with Crippen LogP contribution < -0.4 is 16.1 Å². The number of benzene rings is 2. The molecule has 0 saturated heterocycles. The lowest BCUT2D eigenvalue weighted by Crippen LogP contribution is -2.68. The largest absolute Gasteiger partial charge is 0.465 e. The highest BCUT2D eigenvalue weighted by atomic mass is 16.5. The van der Waals surface area contributed by atoms with Gasteiger partial charge in [-0.2, -0.15) is 0 Å². The van der Waals surface area contributed by atoms with Gasteiger partial charge in [0.05, 0.1) is 12.1 Å². The molecule has 39 heavy (non-hydrogen) atoms. The van der Waals surface area contributed by atoms with Crippen molar-refractivity contribution in [1.82, 2.24) is 21.0 Å². The van der Waals surface area contributed by atoms with Crippen LogP contribution >= 0.6 is 0 Å². The standard InChI is InChI=1S/C29H38N4O6/c1-28(2,3)33(27(36)37)29(4,5)24(26(35)32-38)31-25(34)23-15-13-21(14-16-23)8-7-20-9-11-22(12-10-20)19-30-17-18-39-6/h9-16,24,30,38H,17-19H2,1-6H3,(H,31,34)(H,32,35)(H,36,37)/t24-/m1/s1. The molecule has 0 aliphatic carbocycles. The summed E-state index contributed by atoms with van der Waals surface area (Å²) in [6.45, 7) is 10.2. The van der Waals surface area contributed by atoms with E-state index >= 15 is 0 Å². The van der Waals surface area contributed by atoms with Crippen molar-refractivity contribution in [3.8, 4) is 11.8 Å². The number of nitrogens with one attached hydrogen (secondary N) is 3. The number of amides is 3. The Hall–Kier alpha value is -3.91. The quantitative estimate of drug-likeness (QED) is 0.136. The summed E-state index contributed by atoms with van der Waals surface area (Å²) in [6, 6.07) is 13.0. The zero-order chi connectivity index (χ0) is 29.2. The summed E-state index contributed by atoms with van der Waals surface area (Å²) in [5, 5.41) is 25.0. The van der Waals surface area contributed by atoms with Crippen LogP contribution in [0.5, 0.6) is 0 Å². The van der Waals surface area contributed by atoms with Crippen molar-refractivity contribution in [3.05, 3.63) is 70.8 Å². The van der Waals surface area contributed by atoms with Gasteiger partial charge in [-0.15, -0.1) is 0 Å². The van der Waals surface area contributed by atoms with Crippen LogP contribution in [0.25, 0.3) is 0 Å². The van der Waals surface area contributed by atoms with E-state index in [9.17, 15) is 24.7 Å². The first-order chi connectivity index (χ1) is 18.3. The maximum Gasteiger partial charge on any atom is 0.408 e. The number of hydroxylamine groups is 1. The molecule has 10 nitrogen and oxygen atoms in total. The van der Waals surface area contributed by atoms with Gasteiger partial charge in [0.2, 0.25) is 0 Å². The minimum atomic E-state index is -1.41. The Kier molecular flexibility index (Phi) is 11.0. The SMILES string of the molecule is COCCNCc1ccc(C#Cc2ccc(C(=O)N[C@H](C(=O)NO)C(C)(C)N(C(=O)O)C(C)(C)C)cc2)cc1. The van der Waals surface area contributed by atoms with E-state index in [1.807, 2.05) is 24.3 Å². The lowest BCUT2D eigenvalue weighted by Gasteiger charge is -2.48. The van der Waals surface area contributed by atoms with Gasteiger partial charge in [-0.25, -0.2) is 10.3 Å². The fourth-order valence-electron chi connectivity index (χ4n) is 4.33. The Labute approximate surface area is 229 Å². The molecular weight excluding hydrogens is 500 g/mol. The van der Waals surface area contributed by atoms with Crippen molar-refractivity contribution in [2.75, 3.05) is 20.3 Å². The van der Waals surface area contributed by atoms with Gasteiger partial charge in [-0.05, 0) is 76.6 Å². The highest BCUT2D eigenvalue weighted by Gasteiger charge is 2.47. The molecule has 5 N–H and O–H groups in total. The Morgan fingerprint density at radius 2 is 1.49 bits per heavy atom. The van der Waals surface area contributed by atoms with Crippen LogP contribution in [-0.4, -0.2) is 70.5 Å². The van der Waals surface area contributed by atoms with Crippen LogP contribution in [-0.2, 0) is 16.1 Å². The summed E-state index contributed by atoms with van der Waals surface area (Å²) in [6.07, 6.45) is -1.27. The maximum absolute atomic E-state index is 13.0. The number of methoxy groups -OCH3 is 1. The maximum atomic E-state index is 13.0. The first-order valence-corrected chi connectivity index (χ1v) is 12.5. The highest BCUT2D eigenvalue weighted by Crippen LogP contribution is 2.28. The minimum Gasteiger partial charge on any atom is -0.465 e. The van der Waals surface area contributed by atoms with E-state index in [0.29, 0.717) is 12.2 Å². The topological polar surface area (TPSA) is 140 Å². The average molecular weight is 539 g/mol. The molecule has 210 valence electrons. The Morgan fingerprint density at radius 1 is 0.949 bits per heavy atom. The molecule has 0 radical (unpaired) electrons. The molecule has 0 spiro atoms. The molecular formula is C29H38N4O6. The van der Waals surface area contributed by atoms with Crippen molar-refractivity contribution in [2.45, 2.75) is 58.3 Å². The monoisotopic (exact) mass is 538 g/mol. The van der Waals surface area contributed by atoms with Crippen LogP contribution in [0, 0.1) is 11.8 Å². The normalized spacial score (nSPS) is 12.1. The number of carbonyl (C=O) groups excluding carboxylic acids is 2. The Bertz CT molecular complexity index is 1190. The van der Waals surface area contributed by atoms with Crippen molar-refractivity contribution < 1.29 is 29.4 Å². The van der Waals surface area contributed by atoms with Crippen LogP contribution in [0.1, 0.15) is 61.7 Å². The summed E-state index contributed by atoms with van der Waals surface area (Å²) in [5.74, 6) is 4.60. The molecule has 0 heterocycles. The number of nitrogens with zero attached hydrogens (tertiary/aromatic N) is 1. The third-order valence-corrected chi connectivity index (χ3v) is 6.06. The van der Waals surface area contributed by atoms with E-state index in [4.69, 9.17) is 4.74 Å². The molecule has 0 bridgehead atoms. The van der Waals surface area contributed by atoms with Gasteiger partial charge >= 0.3 is 6.09 Å². The molecule has 10 heteroatoms. The predicted octanol–water partition coefficient (Wildman–Crippen LogP) is 2.98. The first-order valence-electron chi connectivity index (χ1n) is 12.5. The minimum absolute atomic E-state index is 0.245. The molecule has 0 fully saturated rings. The molecule has 0 unspecified atom stereocenters. The van der Waals surface area contributed by atoms with Gasteiger partial charge in [-0.1, -0.05) is 24.0 Å². The molecule has 0 aromatic heterocycles. The second kappa shape index (κ2) is 13.8. The van der Waals surface area contributed by atoms with Gasteiger partial charge in [-0.3, -0.25) is 19.7 Å². The van der Waals surface area contributed by atoms with E-state index < -0.39 is 35.0 Å². The number of carboxylic acid groups (broad SMARTS) is 1. The second-order valence-electron chi connectivity index (χ2n) is 10.5. The zero-order valence-corrected chi connectivity index (χ0v) is 23.3. The molecule has 2 rings (SSSR count). The van der Waals surface area contributed by atoms with E-state index in [-0.39, 0.29) is 5.56 Å². The molecule has 0 saturated carbocycles. The molecule has 1 atom stereocenters. The number of rotatable bonds is 10. The Balaban J connectivity index is 2.14. The first kappa shape index (κ1) is 31.3. The number of carbonyl (C=O) groups is 3. The van der Waals surface area contributed by atoms with E-state index in [0.717, 1.165) is 29.1 Å². The van der Waals surface area contributed by atoms with Crippen LogP contribution in [0.4, 0.5) is 4.79 Å². The smallest absolute Gasteiger partial charge is 0.408 e. The van der Waals surface area contributed by atoms with Crippen LogP contribution in [0.3, 0.4) is 0 Å². The van der Waals surface area contributed by atoms with Crippen LogP contribution in [0.15, 0.2) is 48.5 Å². The lowest BCUT2D eigenvalue weighted by molar-refractivity contribution is -0.135. The lowest BCUT2D eigenvalue weighted by atomic mass is 9.87. The number of ether oxygens (including phenoxy) is 1. The Morgan fingerprint density at radius 3 is 1.95 bits per heavy atom. The van der Waals surface area contributed by atoms with E-state index in [1.165, 1.54) is 19.3 Å². The highest BCUT2D eigenvalue weighted by molar-refractivity contribution is 5.98. The number of hydrogen-bond acceptors (Lipinski definition) is 6. The van der Waals surface area contributed by atoms with Gasteiger partial charge in [0.15, 0.2) is 0 Å². The molecule has 0 aliphatic rings. The third kappa shape index (κ3) is 8.82. The van der Waals surface area contributed by atoms with E-state index in [1.54, 1.807) is 52.1 Å². The molecule has 2 aromatic rings. The van der Waals surface area contributed by atoms with Crippen molar-refractivity contribution in [1.29, 1.82) is 0 Å². The van der Waals surface area contributed by atoms with Gasteiger partial charge < -0.3 is 20.5 Å². The van der Waals surface area contributed by atoms with Crippen molar-refractivity contribution >= 4 is 17.9 Å². The third-order valence-electron chi connectivity index (χ3n) is 6.06. The summed E-state index contributed by atoms with van der Waals surface area (Å²) in [4.78, 5) is 38.7. The van der Waals surface area contributed by atoms with Gasteiger partial charge in [0, 0.05) is 42.4 Å². The summed E-state index contributed by atoms with van der Waals surface area (Å²) in [5.41, 5.74) is 2.15. The summed E-state index contributed by atoms with van der Waals surface area (Å²) < 4.78 is 5.02. The predicted molar refractivity (Wildman–Crippen MR) is 147 cm³/mol. The summed E-state index contributed by atoms with van der Waals surface area (Å²) >= 11 is 0.